The summed E-state index contributed by atoms with van der Waals surface area (Å²) in [6, 6.07) is 0. The van der Waals surface area contributed by atoms with Crippen LogP contribution in [0.25, 0.3) is 0 Å². The Hall–Kier alpha value is -1.66. The van der Waals surface area contributed by atoms with E-state index in [-0.39, 0.29) is 6.61 Å². The Morgan fingerprint density at radius 2 is 2.25 bits per heavy atom. The van der Waals surface area contributed by atoms with Gasteiger partial charge in [-0.3, -0.25) is 9.58 Å². The third kappa shape index (κ3) is 2.36. The van der Waals surface area contributed by atoms with E-state index >= 15 is 0 Å². The summed E-state index contributed by atoms with van der Waals surface area (Å²) in [6.07, 6.45) is 2.69. The summed E-state index contributed by atoms with van der Waals surface area (Å²) in [4.78, 5) is 2.39. The summed E-state index contributed by atoms with van der Waals surface area (Å²) >= 11 is 0. The highest BCUT2D eigenvalue weighted by Gasteiger charge is 2.21. The summed E-state index contributed by atoms with van der Waals surface area (Å²) in [5.41, 5.74) is 5.73. The van der Waals surface area contributed by atoms with E-state index in [1.807, 2.05) is 11.6 Å². The van der Waals surface area contributed by atoms with Crippen molar-refractivity contribution in [3.05, 3.63) is 34.5 Å². The van der Waals surface area contributed by atoms with E-state index in [9.17, 15) is 0 Å². The molecule has 0 radical (unpaired) electrons. The molecule has 0 aromatic carbocycles. The van der Waals surface area contributed by atoms with E-state index in [4.69, 9.17) is 9.63 Å². The second-order valence-corrected chi connectivity index (χ2v) is 5.34. The number of aliphatic hydroxyl groups is 1. The SMILES string of the molecule is Cc1nn(CCO)c(C)c1CN1CCc2nocc2C1. The van der Waals surface area contributed by atoms with E-state index in [2.05, 4.69) is 22.1 Å². The number of nitrogens with zero attached hydrogens (tertiary/aromatic N) is 4. The van der Waals surface area contributed by atoms with Crippen molar-refractivity contribution >= 4 is 0 Å². The van der Waals surface area contributed by atoms with Crippen molar-refractivity contribution in [1.82, 2.24) is 19.8 Å². The highest BCUT2D eigenvalue weighted by atomic mass is 16.5. The van der Waals surface area contributed by atoms with Crippen molar-refractivity contribution in [2.45, 2.75) is 39.9 Å². The molecule has 0 saturated carbocycles. The van der Waals surface area contributed by atoms with Gasteiger partial charge in [0.25, 0.3) is 0 Å². The fourth-order valence-electron chi connectivity index (χ4n) is 2.83. The summed E-state index contributed by atoms with van der Waals surface area (Å²) in [5.74, 6) is 0. The molecule has 20 heavy (non-hydrogen) atoms. The molecule has 6 heteroatoms. The van der Waals surface area contributed by atoms with Gasteiger partial charge in [0.15, 0.2) is 0 Å². The summed E-state index contributed by atoms with van der Waals surface area (Å²) < 4.78 is 6.92. The van der Waals surface area contributed by atoms with E-state index in [1.54, 1.807) is 6.26 Å². The Morgan fingerprint density at radius 3 is 3.05 bits per heavy atom. The first-order valence-electron chi connectivity index (χ1n) is 6.97. The van der Waals surface area contributed by atoms with Gasteiger partial charge in [-0.25, -0.2) is 0 Å². The molecule has 3 heterocycles. The van der Waals surface area contributed by atoms with Crippen LogP contribution in [-0.4, -0.2) is 38.1 Å². The molecular formula is C14H20N4O2. The third-order valence-electron chi connectivity index (χ3n) is 4.01. The monoisotopic (exact) mass is 276 g/mol. The molecule has 1 aliphatic heterocycles. The first-order valence-corrected chi connectivity index (χ1v) is 6.97. The molecule has 0 spiro atoms. The Kier molecular flexibility index (Phi) is 3.58. The first kappa shape index (κ1) is 13.3. The lowest BCUT2D eigenvalue weighted by Gasteiger charge is -2.25. The molecule has 2 aromatic heterocycles. The van der Waals surface area contributed by atoms with Crippen LogP contribution in [0.15, 0.2) is 10.8 Å². The Bertz CT molecular complexity index is 602. The standard InChI is InChI=1S/C14H20N4O2/c1-10-13(11(2)18(15-10)5-6-19)8-17-4-3-14-12(7-17)9-20-16-14/h9,19H,3-8H2,1-2H3. The van der Waals surface area contributed by atoms with Gasteiger partial charge in [0.2, 0.25) is 0 Å². The lowest BCUT2D eigenvalue weighted by Crippen LogP contribution is -2.30. The third-order valence-corrected chi connectivity index (χ3v) is 4.01. The van der Waals surface area contributed by atoms with Gasteiger partial charge in [0.05, 0.1) is 24.5 Å². The van der Waals surface area contributed by atoms with Gasteiger partial charge in [-0.2, -0.15) is 5.10 Å². The van der Waals surface area contributed by atoms with Crippen molar-refractivity contribution < 1.29 is 9.63 Å². The van der Waals surface area contributed by atoms with Gasteiger partial charge in [-0.1, -0.05) is 5.16 Å². The highest BCUT2D eigenvalue weighted by molar-refractivity contribution is 5.25. The minimum Gasteiger partial charge on any atom is -0.394 e. The van der Waals surface area contributed by atoms with Crippen LogP contribution in [-0.2, 0) is 26.1 Å². The molecule has 1 aliphatic rings. The maximum atomic E-state index is 9.06. The van der Waals surface area contributed by atoms with Crippen LogP contribution >= 0.6 is 0 Å². The molecule has 0 fully saturated rings. The fourth-order valence-corrected chi connectivity index (χ4v) is 2.83. The summed E-state index contributed by atoms with van der Waals surface area (Å²) in [5, 5.41) is 17.6. The van der Waals surface area contributed by atoms with Gasteiger partial charge in [0, 0.05) is 42.9 Å². The van der Waals surface area contributed by atoms with E-state index in [0.29, 0.717) is 6.54 Å². The minimum absolute atomic E-state index is 0.120. The number of fused-ring (bicyclic) bond motifs is 1. The van der Waals surface area contributed by atoms with Crippen molar-refractivity contribution in [2.24, 2.45) is 0 Å². The number of rotatable bonds is 4. The van der Waals surface area contributed by atoms with Gasteiger partial charge < -0.3 is 9.63 Å². The van der Waals surface area contributed by atoms with Gasteiger partial charge >= 0.3 is 0 Å². The zero-order chi connectivity index (χ0) is 14.1. The van der Waals surface area contributed by atoms with Gasteiger partial charge in [-0.05, 0) is 13.8 Å². The molecule has 0 bridgehead atoms. The van der Waals surface area contributed by atoms with Crippen LogP contribution < -0.4 is 0 Å². The van der Waals surface area contributed by atoms with Crippen molar-refractivity contribution in [3.63, 3.8) is 0 Å². The molecule has 0 atom stereocenters. The van der Waals surface area contributed by atoms with Gasteiger partial charge in [-0.15, -0.1) is 0 Å². The molecule has 0 unspecified atom stereocenters. The average Bonchev–Trinajstić information content (AvgIpc) is 2.99. The number of aryl methyl sites for hydroxylation is 1. The maximum Gasteiger partial charge on any atom is 0.128 e. The van der Waals surface area contributed by atoms with Crippen LogP contribution in [0.5, 0.6) is 0 Å². The molecule has 0 aliphatic carbocycles. The predicted molar refractivity (Wildman–Crippen MR) is 73.1 cm³/mol. The molecule has 0 saturated heterocycles. The van der Waals surface area contributed by atoms with Crippen molar-refractivity contribution in [1.29, 1.82) is 0 Å². The average molecular weight is 276 g/mol. The molecule has 6 nitrogen and oxygen atoms in total. The van der Waals surface area contributed by atoms with Crippen LogP contribution in [0.1, 0.15) is 28.2 Å². The maximum absolute atomic E-state index is 9.06. The normalized spacial score (nSPS) is 15.6. The first-order chi connectivity index (χ1) is 9.69. The molecule has 108 valence electrons. The van der Waals surface area contributed by atoms with Gasteiger partial charge in [0.1, 0.15) is 6.26 Å². The lowest BCUT2D eigenvalue weighted by atomic mass is 10.1. The minimum atomic E-state index is 0.120. The van der Waals surface area contributed by atoms with E-state index in [0.717, 1.165) is 43.1 Å². The molecule has 2 aromatic rings. The van der Waals surface area contributed by atoms with Crippen LogP contribution in [0.2, 0.25) is 0 Å². The van der Waals surface area contributed by atoms with Crippen LogP contribution in [0.3, 0.4) is 0 Å². The molecule has 1 N–H and O–H groups in total. The number of aromatic nitrogens is 3. The van der Waals surface area contributed by atoms with Crippen LogP contribution in [0, 0.1) is 13.8 Å². The predicted octanol–water partition coefficient (Wildman–Crippen LogP) is 1.04. The highest BCUT2D eigenvalue weighted by Crippen LogP contribution is 2.22. The smallest absolute Gasteiger partial charge is 0.128 e. The Balaban J connectivity index is 1.76. The topological polar surface area (TPSA) is 67.3 Å². The van der Waals surface area contributed by atoms with E-state index < -0.39 is 0 Å². The molecule has 3 rings (SSSR count). The molecular weight excluding hydrogens is 256 g/mol. The second kappa shape index (κ2) is 5.38. The van der Waals surface area contributed by atoms with E-state index in [1.165, 1.54) is 11.1 Å². The van der Waals surface area contributed by atoms with Crippen LogP contribution in [0.4, 0.5) is 0 Å². The Labute approximate surface area is 118 Å². The lowest BCUT2D eigenvalue weighted by molar-refractivity contribution is 0.243. The molecule has 0 amide bonds. The fraction of sp³-hybridized carbons (Fsp3) is 0.571. The number of hydrogen-bond donors (Lipinski definition) is 1. The number of hydrogen-bond acceptors (Lipinski definition) is 5. The van der Waals surface area contributed by atoms with Crippen molar-refractivity contribution in [3.8, 4) is 0 Å². The zero-order valence-corrected chi connectivity index (χ0v) is 12.0. The zero-order valence-electron chi connectivity index (χ0n) is 12.0. The second-order valence-electron chi connectivity index (χ2n) is 5.34. The number of aliphatic hydroxyl groups excluding tert-OH is 1. The quantitative estimate of drug-likeness (QED) is 0.903. The Morgan fingerprint density at radius 1 is 1.40 bits per heavy atom. The van der Waals surface area contributed by atoms with Crippen molar-refractivity contribution in [2.75, 3.05) is 13.2 Å². The largest absolute Gasteiger partial charge is 0.394 e. The summed E-state index contributed by atoms with van der Waals surface area (Å²) in [7, 11) is 0. The summed E-state index contributed by atoms with van der Waals surface area (Å²) in [6.45, 7) is 7.53.